The van der Waals surface area contributed by atoms with Gasteiger partial charge in [-0.15, -0.1) is 0 Å². The number of rotatable bonds is 5. The van der Waals surface area contributed by atoms with Crippen LogP contribution in [-0.2, 0) is 6.42 Å². The van der Waals surface area contributed by atoms with Gasteiger partial charge in [0, 0.05) is 17.5 Å². The Labute approximate surface area is 122 Å². The quantitative estimate of drug-likeness (QED) is 0.570. The van der Waals surface area contributed by atoms with Crippen molar-refractivity contribution in [1.82, 2.24) is 9.97 Å². The van der Waals surface area contributed by atoms with E-state index in [0.717, 1.165) is 30.0 Å². The molecule has 1 rings (SSSR count). The minimum absolute atomic E-state index is 0.0474. The molecule has 1 aromatic heterocycles. The minimum atomic E-state index is -0.0474. The van der Waals surface area contributed by atoms with Gasteiger partial charge in [-0.3, -0.25) is 0 Å². The lowest BCUT2D eigenvalue weighted by Gasteiger charge is -2.34. The van der Waals surface area contributed by atoms with E-state index in [9.17, 15) is 0 Å². The van der Waals surface area contributed by atoms with Gasteiger partial charge < -0.3 is 10.7 Å². The predicted molar refractivity (Wildman–Crippen MR) is 85.7 cm³/mol. The molecule has 0 fully saturated rings. The smallest absolute Gasteiger partial charge is 0.148 e. The van der Waals surface area contributed by atoms with Crippen LogP contribution in [0.25, 0.3) is 0 Å². The zero-order valence-electron chi connectivity index (χ0n) is 13.9. The molecule has 4 N–H and O–H groups in total. The topological polar surface area (TPSA) is 75.9 Å². The van der Waals surface area contributed by atoms with Crippen LogP contribution in [0.15, 0.2) is 0 Å². The molecule has 5 nitrogen and oxygen atoms in total. The van der Waals surface area contributed by atoms with E-state index in [-0.39, 0.29) is 11.0 Å². The van der Waals surface area contributed by atoms with Crippen molar-refractivity contribution in [3.05, 3.63) is 11.4 Å². The van der Waals surface area contributed by atoms with E-state index in [0.29, 0.717) is 5.82 Å². The van der Waals surface area contributed by atoms with Crippen LogP contribution in [0.2, 0.25) is 0 Å². The molecule has 114 valence electrons. The third-order valence-corrected chi connectivity index (χ3v) is 3.07. The fourth-order valence-electron chi connectivity index (χ4n) is 2.67. The second-order valence-electron chi connectivity index (χ2n) is 7.21. The van der Waals surface area contributed by atoms with Gasteiger partial charge in [0.2, 0.25) is 0 Å². The summed E-state index contributed by atoms with van der Waals surface area (Å²) in [7, 11) is 0. The van der Waals surface area contributed by atoms with Crippen molar-refractivity contribution in [2.45, 2.75) is 66.8 Å². The van der Waals surface area contributed by atoms with Gasteiger partial charge in [-0.1, -0.05) is 27.7 Å². The fourth-order valence-corrected chi connectivity index (χ4v) is 2.67. The Morgan fingerprint density at radius 1 is 1.05 bits per heavy atom. The normalized spacial score (nSPS) is 12.4. The molecular weight excluding hydrogens is 250 g/mol. The van der Waals surface area contributed by atoms with Crippen molar-refractivity contribution in [3.8, 4) is 0 Å². The molecule has 0 aromatic carbocycles. The monoisotopic (exact) mass is 279 g/mol. The van der Waals surface area contributed by atoms with Crippen LogP contribution in [-0.4, -0.2) is 15.5 Å². The molecule has 5 heteroatoms. The van der Waals surface area contributed by atoms with Gasteiger partial charge in [0.25, 0.3) is 0 Å². The molecule has 0 bridgehead atoms. The average molecular weight is 279 g/mol. The molecular formula is C15H29N5. The standard InChI is InChI=1S/C15H29N5/c1-8-11-17-12(10(2)13(18-11)20-16)19-15(6,7)9-14(3,4)5/h8-9,16H2,1-7H3,(H2,17,18,19,20). The van der Waals surface area contributed by atoms with Crippen LogP contribution in [0.4, 0.5) is 11.6 Å². The summed E-state index contributed by atoms with van der Waals surface area (Å²) < 4.78 is 0. The lowest BCUT2D eigenvalue weighted by molar-refractivity contribution is 0.302. The number of hydrogen-bond acceptors (Lipinski definition) is 5. The minimum Gasteiger partial charge on any atom is -0.365 e. The second kappa shape index (κ2) is 5.95. The number of nitrogen functional groups attached to an aromatic ring is 1. The van der Waals surface area contributed by atoms with Gasteiger partial charge in [0.05, 0.1) is 0 Å². The summed E-state index contributed by atoms with van der Waals surface area (Å²) in [4.78, 5) is 8.98. The second-order valence-corrected chi connectivity index (χ2v) is 7.21. The number of nitrogens with two attached hydrogens (primary N) is 1. The summed E-state index contributed by atoms with van der Waals surface area (Å²) in [6, 6.07) is 0. The molecule has 1 aromatic rings. The molecule has 0 saturated carbocycles. The third kappa shape index (κ3) is 4.63. The van der Waals surface area contributed by atoms with E-state index in [1.165, 1.54) is 0 Å². The van der Waals surface area contributed by atoms with E-state index in [2.05, 4.69) is 55.3 Å². The molecule has 0 aliphatic rings. The first-order valence-electron chi connectivity index (χ1n) is 7.20. The summed E-state index contributed by atoms with van der Waals surface area (Å²) in [5, 5.41) is 3.55. The predicted octanol–water partition coefficient (Wildman–Crippen LogP) is 3.26. The molecule has 0 amide bonds. The SMILES string of the molecule is CCc1nc(NN)c(C)c(NC(C)(C)CC(C)(C)C)n1. The lowest BCUT2D eigenvalue weighted by Crippen LogP contribution is -2.36. The van der Waals surface area contributed by atoms with E-state index >= 15 is 0 Å². The van der Waals surface area contributed by atoms with E-state index in [4.69, 9.17) is 5.84 Å². The summed E-state index contributed by atoms with van der Waals surface area (Å²) in [6.45, 7) is 15.1. The fraction of sp³-hybridized carbons (Fsp3) is 0.733. The molecule has 20 heavy (non-hydrogen) atoms. The largest absolute Gasteiger partial charge is 0.365 e. The zero-order chi connectivity index (χ0) is 15.6. The van der Waals surface area contributed by atoms with Crippen LogP contribution in [0.1, 0.15) is 59.4 Å². The number of hydrogen-bond donors (Lipinski definition) is 3. The summed E-state index contributed by atoms with van der Waals surface area (Å²) >= 11 is 0. The van der Waals surface area contributed by atoms with Gasteiger partial charge in [0.1, 0.15) is 17.5 Å². The molecule has 0 saturated heterocycles. The molecule has 0 spiro atoms. The number of nitrogens with one attached hydrogen (secondary N) is 2. The Hall–Kier alpha value is -1.36. The first-order valence-corrected chi connectivity index (χ1v) is 7.20. The average Bonchev–Trinajstić information content (AvgIpc) is 2.28. The maximum absolute atomic E-state index is 5.54. The number of aryl methyl sites for hydroxylation is 1. The molecule has 0 aliphatic carbocycles. The summed E-state index contributed by atoms with van der Waals surface area (Å²) in [5.74, 6) is 7.88. The van der Waals surface area contributed by atoms with Gasteiger partial charge in [-0.2, -0.15) is 0 Å². The maximum atomic E-state index is 5.54. The van der Waals surface area contributed by atoms with Crippen LogP contribution >= 0.6 is 0 Å². The van der Waals surface area contributed by atoms with Crippen molar-refractivity contribution in [2.75, 3.05) is 10.7 Å². The molecule has 0 unspecified atom stereocenters. The van der Waals surface area contributed by atoms with Crippen LogP contribution in [0.5, 0.6) is 0 Å². The highest BCUT2D eigenvalue weighted by atomic mass is 15.3. The van der Waals surface area contributed by atoms with Gasteiger partial charge in [-0.05, 0) is 32.6 Å². The van der Waals surface area contributed by atoms with Crippen LogP contribution in [0, 0.1) is 12.3 Å². The van der Waals surface area contributed by atoms with Crippen LogP contribution < -0.4 is 16.6 Å². The van der Waals surface area contributed by atoms with Crippen molar-refractivity contribution in [2.24, 2.45) is 11.3 Å². The number of aromatic nitrogens is 2. The highest BCUT2D eigenvalue weighted by Gasteiger charge is 2.26. The Kier molecular flexibility index (Phi) is 4.97. The highest BCUT2D eigenvalue weighted by Crippen LogP contribution is 2.31. The molecule has 0 atom stereocenters. The van der Waals surface area contributed by atoms with E-state index < -0.39 is 0 Å². The Morgan fingerprint density at radius 2 is 1.60 bits per heavy atom. The summed E-state index contributed by atoms with van der Waals surface area (Å²) in [6.07, 6.45) is 1.82. The number of anilines is 2. The van der Waals surface area contributed by atoms with Crippen molar-refractivity contribution in [3.63, 3.8) is 0 Å². The van der Waals surface area contributed by atoms with Gasteiger partial charge in [0.15, 0.2) is 0 Å². The van der Waals surface area contributed by atoms with Crippen molar-refractivity contribution < 1.29 is 0 Å². The highest BCUT2D eigenvalue weighted by molar-refractivity contribution is 5.57. The Balaban J connectivity index is 3.07. The zero-order valence-corrected chi connectivity index (χ0v) is 13.9. The maximum Gasteiger partial charge on any atom is 0.148 e. The van der Waals surface area contributed by atoms with E-state index in [1.54, 1.807) is 0 Å². The first-order chi connectivity index (χ1) is 9.08. The Bertz CT molecular complexity index is 460. The number of nitrogens with zero attached hydrogens (tertiary/aromatic N) is 2. The first kappa shape index (κ1) is 16.7. The molecule has 0 aliphatic heterocycles. The van der Waals surface area contributed by atoms with Gasteiger partial charge in [-0.25, -0.2) is 15.8 Å². The van der Waals surface area contributed by atoms with E-state index in [1.807, 2.05) is 13.8 Å². The molecule has 1 heterocycles. The molecule has 0 radical (unpaired) electrons. The lowest BCUT2D eigenvalue weighted by atomic mass is 9.82. The Morgan fingerprint density at radius 3 is 2.05 bits per heavy atom. The van der Waals surface area contributed by atoms with Crippen molar-refractivity contribution in [1.29, 1.82) is 0 Å². The van der Waals surface area contributed by atoms with Crippen LogP contribution in [0.3, 0.4) is 0 Å². The third-order valence-electron chi connectivity index (χ3n) is 3.07. The number of hydrazine groups is 1. The van der Waals surface area contributed by atoms with Gasteiger partial charge >= 0.3 is 0 Å². The van der Waals surface area contributed by atoms with Crippen molar-refractivity contribution >= 4 is 11.6 Å². The summed E-state index contributed by atoms with van der Waals surface area (Å²) in [5.41, 5.74) is 3.81.